The van der Waals surface area contributed by atoms with Gasteiger partial charge in [-0.1, -0.05) is 26.7 Å². The van der Waals surface area contributed by atoms with Crippen molar-refractivity contribution < 1.29 is 0 Å². The second kappa shape index (κ2) is 6.49. The topological polar surface area (TPSA) is 29.3 Å². The Bertz CT molecular complexity index is 162. The van der Waals surface area contributed by atoms with Gasteiger partial charge in [0.05, 0.1) is 0 Å². The molecule has 2 atom stereocenters. The molecule has 0 saturated carbocycles. The number of rotatable bonds is 5. The molecule has 0 aromatic heterocycles. The van der Waals surface area contributed by atoms with Crippen LogP contribution in [0.25, 0.3) is 0 Å². The summed E-state index contributed by atoms with van der Waals surface area (Å²) in [5, 5.41) is 0. The van der Waals surface area contributed by atoms with Crippen LogP contribution in [0, 0.1) is 11.8 Å². The van der Waals surface area contributed by atoms with Crippen LogP contribution < -0.4 is 5.73 Å². The largest absolute Gasteiger partial charge is 0.328 e. The van der Waals surface area contributed by atoms with Gasteiger partial charge in [-0.25, -0.2) is 0 Å². The first-order chi connectivity index (χ1) is 7.17. The van der Waals surface area contributed by atoms with Crippen LogP contribution in [0.15, 0.2) is 0 Å². The van der Waals surface area contributed by atoms with Crippen molar-refractivity contribution in [2.75, 3.05) is 19.6 Å². The SMILES string of the molecule is CCC(CC)CN1CCCC(C(C)N)C1. The average molecular weight is 212 g/mol. The Kier molecular flexibility index (Phi) is 5.62. The number of nitrogens with zero attached hydrogens (tertiary/aromatic N) is 1. The molecular formula is C13H28N2. The molecule has 1 aliphatic rings. The predicted octanol–water partition coefficient (Wildman–Crippen LogP) is 2.48. The first-order valence-electron chi connectivity index (χ1n) is 6.65. The van der Waals surface area contributed by atoms with E-state index in [2.05, 4.69) is 25.7 Å². The lowest BCUT2D eigenvalue weighted by Crippen LogP contribution is -2.43. The molecule has 0 aromatic rings. The molecule has 0 spiro atoms. The Morgan fingerprint density at radius 1 is 1.33 bits per heavy atom. The maximum Gasteiger partial charge on any atom is 0.00509 e. The Morgan fingerprint density at radius 2 is 2.00 bits per heavy atom. The molecule has 1 saturated heterocycles. The lowest BCUT2D eigenvalue weighted by Gasteiger charge is -2.36. The fraction of sp³-hybridized carbons (Fsp3) is 1.00. The summed E-state index contributed by atoms with van der Waals surface area (Å²) in [7, 11) is 0. The molecule has 1 aliphatic heterocycles. The molecule has 15 heavy (non-hydrogen) atoms. The van der Waals surface area contributed by atoms with Crippen LogP contribution in [0.1, 0.15) is 46.5 Å². The van der Waals surface area contributed by atoms with Gasteiger partial charge >= 0.3 is 0 Å². The molecule has 2 N–H and O–H groups in total. The lowest BCUT2D eigenvalue weighted by atomic mass is 9.91. The van der Waals surface area contributed by atoms with Crippen LogP contribution in [0.2, 0.25) is 0 Å². The summed E-state index contributed by atoms with van der Waals surface area (Å²) >= 11 is 0. The number of hydrogen-bond acceptors (Lipinski definition) is 2. The summed E-state index contributed by atoms with van der Waals surface area (Å²) in [4.78, 5) is 2.63. The van der Waals surface area contributed by atoms with Crippen molar-refractivity contribution in [2.45, 2.75) is 52.5 Å². The summed E-state index contributed by atoms with van der Waals surface area (Å²) in [6.45, 7) is 10.6. The van der Waals surface area contributed by atoms with E-state index in [1.807, 2.05) is 0 Å². The fourth-order valence-electron chi connectivity index (χ4n) is 2.60. The Morgan fingerprint density at radius 3 is 2.53 bits per heavy atom. The van der Waals surface area contributed by atoms with Gasteiger partial charge in [-0.3, -0.25) is 0 Å². The zero-order valence-corrected chi connectivity index (χ0v) is 10.7. The highest BCUT2D eigenvalue weighted by Crippen LogP contribution is 2.21. The molecule has 2 unspecified atom stereocenters. The molecule has 0 aromatic carbocycles. The van der Waals surface area contributed by atoms with Gasteiger partial charge in [-0.05, 0) is 38.1 Å². The standard InChI is InChI=1S/C13H28N2/c1-4-12(5-2)9-15-8-6-7-13(10-15)11(3)14/h11-13H,4-10,14H2,1-3H3. The van der Waals surface area contributed by atoms with E-state index in [0.717, 1.165) is 11.8 Å². The van der Waals surface area contributed by atoms with Gasteiger partial charge in [0.15, 0.2) is 0 Å². The average Bonchev–Trinajstić information content (AvgIpc) is 2.26. The minimum Gasteiger partial charge on any atom is -0.328 e. The Hall–Kier alpha value is -0.0800. The zero-order chi connectivity index (χ0) is 11.3. The lowest BCUT2D eigenvalue weighted by molar-refractivity contribution is 0.137. The number of nitrogens with two attached hydrogens (primary N) is 1. The highest BCUT2D eigenvalue weighted by atomic mass is 15.1. The third-order valence-corrected chi connectivity index (χ3v) is 3.96. The third-order valence-electron chi connectivity index (χ3n) is 3.96. The van der Waals surface area contributed by atoms with Crippen molar-refractivity contribution in [1.82, 2.24) is 4.90 Å². The second-order valence-corrected chi connectivity index (χ2v) is 5.20. The molecule has 0 bridgehead atoms. The van der Waals surface area contributed by atoms with E-state index in [1.165, 1.54) is 45.3 Å². The van der Waals surface area contributed by atoms with Crippen molar-refractivity contribution in [3.8, 4) is 0 Å². The Balaban J connectivity index is 2.35. The van der Waals surface area contributed by atoms with Crippen LogP contribution >= 0.6 is 0 Å². The summed E-state index contributed by atoms with van der Waals surface area (Å²) in [5.74, 6) is 1.62. The van der Waals surface area contributed by atoms with Crippen LogP contribution in [0.4, 0.5) is 0 Å². The number of piperidine rings is 1. The molecule has 1 rings (SSSR count). The molecule has 0 amide bonds. The monoisotopic (exact) mass is 212 g/mol. The quantitative estimate of drug-likeness (QED) is 0.758. The van der Waals surface area contributed by atoms with Gasteiger partial charge in [-0.2, -0.15) is 0 Å². The first kappa shape index (κ1) is 13.0. The molecule has 2 nitrogen and oxygen atoms in total. The molecule has 1 heterocycles. The van der Waals surface area contributed by atoms with E-state index < -0.39 is 0 Å². The van der Waals surface area contributed by atoms with Gasteiger partial charge in [0, 0.05) is 19.1 Å². The fourth-order valence-corrected chi connectivity index (χ4v) is 2.60. The van der Waals surface area contributed by atoms with Gasteiger partial charge < -0.3 is 10.6 Å². The third kappa shape index (κ3) is 4.12. The van der Waals surface area contributed by atoms with Crippen molar-refractivity contribution in [3.63, 3.8) is 0 Å². The van der Waals surface area contributed by atoms with Gasteiger partial charge in [0.25, 0.3) is 0 Å². The van der Waals surface area contributed by atoms with E-state index in [1.54, 1.807) is 0 Å². The minimum atomic E-state index is 0.370. The highest BCUT2D eigenvalue weighted by molar-refractivity contribution is 4.79. The molecular weight excluding hydrogens is 184 g/mol. The minimum absolute atomic E-state index is 0.370. The van der Waals surface area contributed by atoms with Crippen LogP contribution in [-0.4, -0.2) is 30.6 Å². The van der Waals surface area contributed by atoms with Crippen molar-refractivity contribution >= 4 is 0 Å². The van der Waals surface area contributed by atoms with Crippen LogP contribution in [-0.2, 0) is 0 Å². The number of likely N-dealkylation sites (tertiary alicyclic amines) is 1. The van der Waals surface area contributed by atoms with Gasteiger partial charge in [-0.15, -0.1) is 0 Å². The normalized spacial score (nSPS) is 25.8. The zero-order valence-electron chi connectivity index (χ0n) is 10.7. The number of hydrogen-bond donors (Lipinski definition) is 1. The van der Waals surface area contributed by atoms with E-state index in [9.17, 15) is 0 Å². The van der Waals surface area contributed by atoms with Crippen molar-refractivity contribution in [3.05, 3.63) is 0 Å². The van der Waals surface area contributed by atoms with E-state index in [0.29, 0.717) is 6.04 Å². The molecule has 90 valence electrons. The smallest absolute Gasteiger partial charge is 0.00509 e. The maximum atomic E-state index is 6.00. The van der Waals surface area contributed by atoms with Crippen LogP contribution in [0.3, 0.4) is 0 Å². The van der Waals surface area contributed by atoms with Gasteiger partial charge in [0.1, 0.15) is 0 Å². The summed E-state index contributed by atoms with van der Waals surface area (Å²) in [5.41, 5.74) is 6.00. The first-order valence-corrected chi connectivity index (χ1v) is 6.65. The predicted molar refractivity (Wildman–Crippen MR) is 66.9 cm³/mol. The highest BCUT2D eigenvalue weighted by Gasteiger charge is 2.23. The molecule has 0 aliphatic carbocycles. The Labute approximate surface area is 95.2 Å². The summed E-state index contributed by atoms with van der Waals surface area (Å²) in [6, 6.07) is 0.370. The van der Waals surface area contributed by atoms with Crippen molar-refractivity contribution in [2.24, 2.45) is 17.6 Å². The van der Waals surface area contributed by atoms with Crippen molar-refractivity contribution in [1.29, 1.82) is 0 Å². The van der Waals surface area contributed by atoms with Gasteiger partial charge in [0.2, 0.25) is 0 Å². The summed E-state index contributed by atoms with van der Waals surface area (Å²) in [6.07, 6.45) is 5.30. The van der Waals surface area contributed by atoms with E-state index in [4.69, 9.17) is 5.73 Å². The second-order valence-electron chi connectivity index (χ2n) is 5.20. The van der Waals surface area contributed by atoms with E-state index >= 15 is 0 Å². The van der Waals surface area contributed by atoms with E-state index in [-0.39, 0.29) is 0 Å². The summed E-state index contributed by atoms with van der Waals surface area (Å²) < 4.78 is 0. The molecule has 2 heteroatoms. The van der Waals surface area contributed by atoms with Crippen LogP contribution in [0.5, 0.6) is 0 Å². The maximum absolute atomic E-state index is 6.00. The molecule has 1 fully saturated rings. The molecule has 0 radical (unpaired) electrons.